The summed E-state index contributed by atoms with van der Waals surface area (Å²) in [4.78, 5) is 0. The molecule has 0 nitrogen and oxygen atoms in total. The summed E-state index contributed by atoms with van der Waals surface area (Å²) in [5.74, 6) is 0. The van der Waals surface area contributed by atoms with Crippen molar-refractivity contribution in [3.63, 3.8) is 0 Å². The van der Waals surface area contributed by atoms with Gasteiger partial charge in [-0.15, -0.1) is 24.8 Å². The van der Waals surface area contributed by atoms with Crippen molar-refractivity contribution in [1.29, 1.82) is 0 Å². The average molecular weight is 379 g/mol. The molecule has 0 saturated heterocycles. The second-order valence-corrected chi connectivity index (χ2v) is 26.9. The second kappa shape index (κ2) is 6.52. The van der Waals surface area contributed by atoms with E-state index in [4.69, 9.17) is 0 Å². The number of halogens is 2. The molecule has 0 N–H and O–H groups in total. The summed E-state index contributed by atoms with van der Waals surface area (Å²) in [6.45, 7) is 10.5. The summed E-state index contributed by atoms with van der Waals surface area (Å²) >= 11 is -3.21. The second-order valence-electron chi connectivity index (χ2n) is 4.69. The molecule has 0 aromatic rings. The fourth-order valence-electron chi connectivity index (χ4n) is 2.58. The third kappa shape index (κ3) is 2.54. The molecule has 2 rings (SSSR count). The van der Waals surface area contributed by atoms with Crippen molar-refractivity contribution in [2.24, 2.45) is 0 Å². The summed E-state index contributed by atoms with van der Waals surface area (Å²) in [6, 6.07) is 0. The molecule has 0 fully saturated rings. The molecule has 0 spiro atoms. The van der Waals surface area contributed by atoms with Crippen LogP contribution in [0.5, 0.6) is 0 Å². The molecule has 0 heterocycles. The van der Waals surface area contributed by atoms with Crippen LogP contribution >= 0.6 is 24.8 Å². The van der Waals surface area contributed by atoms with E-state index in [1.807, 2.05) is 0 Å². The summed E-state index contributed by atoms with van der Waals surface area (Å²) in [5, 5.41) is 0. The SMILES string of the molecule is C=[CH][Zr](=[SiH2])([CH]=C)([C]1=CC=CC1)[C]1=CC=CC1.Cl.Cl. The fourth-order valence-corrected chi connectivity index (χ4v) is 15.0. The van der Waals surface area contributed by atoms with Crippen LogP contribution in [0, 0.1) is 0 Å². The minimum Gasteiger partial charge on any atom is -0.147 e. The minimum atomic E-state index is -3.21. The van der Waals surface area contributed by atoms with Crippen LogP contribution in [0.4, 0.5) is 0 Å². The Morgan fingerprint density at radius 1 is 0.944 bits per heavy atom. The first-order chi connectivity index (χ1) is 7.64. The van der Waals surface area contributed by atoms with Crippen molar-refractivity contribution in [2.45, 2.75) is 12.8 Å². The van der Waals surface area contributed by atoms with Gasteiger partial charge in [-0.25, -0.2) is 0 Å². The van der Waals surface area contributed by atoms with E-state index < -0.39 is 17.4 Å². The summed E-state index contributed by atoms with van der Waals surface area (Å²) in [5.41, 5.74) is 0. The first-order valence-electron chi connectivity index (χ1n) is 5.68. The molecule has 2 aliphatic carbocycles. The monoisotopic (exact) mass is 376 g/mol. The molecule has 18 heavy (non-hydrogen) atoms. The Labute approximate surface area is 125 Å². The number of hydrogen-bond acceptors (Lipinski definition) is 0. The van der Waals surface area contributed by atoms with Crippen LogP contribution in [-0.4, -0.2) is 6.88 Å². The van der Waals surface area contributed by atoms with Crippen LogP contribution in [0.1, 0.15) is 12.8 Å². The standard InChI is InChI=1S/2C5H5.2C2H3.2ClH.H2Si.Zr/c2*1-2-4-5-3-1;2*1-2;;;;/h2*1-3H,4H2;2*1H,2H2;2*1H;1H2;. The maximum absolute atomic E-state index is 4.16. The van der Waals surface area contributed by atoms with Gasteiger partial charge >= 0.3 is 101 Å². The van der Waals surface area contributed by atoms with Gasteiger partial charge in [-0.2, -0.15) is 0 Å². The van der Waals surface area contributed by atoms with Crippen molar-refractivity contribution in [2.75, 3.05) is 0 Å². The van der Waals surface area contributed by atoms with Crippen LogP contribution in [0.2, 0.25) is 0 Å². The van der Waals surface area contributed by atoms with Gasteiger partial charge in [0.2, 0.25) is 0 Å². The summed E-state index contributed by atoms with van der Waals surface area (Å²) in [7, 11) is 0. The predicted octanol–water partition coefficient (Wildman–Crippen LogP) is 4.04. The summed E-state index contributed by atoms with van der Waals surface area (Å²) in [6.07, 6.45) is 15.6. The van der Waals surface area contributed by atoms with Crippen molar-refractivity contribution in [3.05, 3.63) is 63.7 Å². The predicted molar refractivity (Wildman–Crippen MR) is 87.1 cm³/mol. The Morgan fingerprint density at radius 2 is 1.33 bits per heavy atom. The van der Waals surface area contributed by atoms with Crippen LogP contribution < -0.4 is 0 Å². The van der Waals surface area contributed by atoms with Crippen molar-refractivity contribution in [3.8, 4) is 0 Å². The topological polar surface area (TPSA) is 0 Å². The molecule has 0 unspecified atom stereocenters. The zero-order valence-electron chi connectivity index (χ0n) is 10.5. The van der Waals surface area contributed by atoms with E-state index in [0.717, 1.165) is 12.8 Å². The molecule has 0 aromatic carbocycles. The van der Waals surface area contributed by atoms with Crippen molar-refractivity contribution >= 4 is 31.7 Å². The molecule has 2 aliphatic rings. The van der Waals surface area contributed by atoms with E-state index in [-0.39, 0.29) is 24.8 Å². The minimum absolute atomic E-state index is 0. The molecular formula is C14H20Cl2SiZr. The summed E-state index contributed by atoms with van der Waals surface area (Å²) < 4.78 is 7.67. The fraction of sp³-hybridized carbons (Fsp3) is 0.143. The van der Waals surface area contributed by atoms with Crippen LogP contribution in [0.15, 0.2) is 63.7 Å². The number of hydrogen-bond donors (Lipinski definition) is 0. The van der Waals surface area contributed by atoms with Gasteiger partial charge in [0.1, 0.15) is 0 Å². The van der Waals surface area contributed by atoms with Crippen LogP contribution in [-0.2, 0) is 17.4 Å². The number of allylic oxidation sites excluding steroid dienone is 8. The van der Waals surface area contributed by atoms with Gasteiger partial charge in [0.25, 0.3) is 0 Å². The largest absolute Gasteiger partial charge is 0.147 e. The Hall–Kier alpha value is 0.120. The van der Waals surface area contributed by atoms with Gasteiger partial charge in [0, 0.05) is 0 Å². The van der Waals surface area contributed by atoms with Crippen LogP contribution in [0.25, 0.3) is 0 Å². The molecule has 0 bridgehead atoms. The van der Waals surface area contributed by atoms with Crippen LogP contribution in [0.3, 0.4) is 0 Å². The van der Waals surface area contributed by atoms with E-state index >= 15 is 0 Å². The van der Waals surface area contributed by atoms with Crippen molar-refractivity contribution < 1.29 is 17.4 Å². The van der Waals surface area contributed by atoms with Gasteiger partial charge in [0.15, 0.2) is 0 Å². The maximum Gasteiger partial charge on any atom is -0.147 e. The molecule has 4 heteroatoms. The zero-order valence-corrected chi connectivity index (χ0v) is 16.0. The molecule has 0 amide bonds. The Balaban J connectivity index is 0.00000144. The van der Waals surface area contributed by atoms with E-state index in [1.165, 1.54) is 0 Å². The Bertz CT molecular complexity index is 488. The molecule has 0 atom stereocenters. The van der Waals surface area contributed by atoms with Gasteiger partial charge < -0.3 is 0 Å². The smallest absolute Gasteiger partial charge is 0.147 e. The van der Waals surface area contributed by atoms with E-state index in [1.54, 1.807) is 6.56 Å². The molecule has 0 aliphatic heterocycles. The van der Waals surface area contributed by atoms with Crippen molar-refractivity contribution in [1.82, 2.24) is 0 Å². The normalized spacial score (nSPS) is 17.4. The third-order valence-corrected chi connectivity index (χ3v) is 26.6. The first-order valence-corrected chi connectivity index (χ1v) is 16.9. The van der Waals surface area contributed by atoms with E-state index in [0.29, 0.717) is 0 Å². The first kappa shape index (κ1) is 18.1. The van der Waals surface area contributed by atoms with Gasteiger partial charge in [0.05, 0.1) is 0 Å². The van der Waals surface area contributed by atoms with Gasteiger partial charge in [-0.05, 0) is 0 Å². The van der Waals surface area contributed by atoms with E-state index in [9.17, 15) is 0 Å². The Kier molecular flexibility index (Phi) is 6.56. The molecular weight excluding hydrogens is 358 g/mol. The molecule has 98 valence electrons. The quantitative estimate of drug-likeness (QED) is 0.648. The molecule has 0 saturated carbocycles. The number of rotatable bonds is 4. The third-order valence-electron chi connectivity index (χ3n) is 3.99. The average Bonchev–Trinajstić information content (AvgIpc) is 3.00. The molecule has 0 aromatic heterocycles. The van der Waals surface area contributed by atoms with E-state index in [2.05, 4.69) is 64.1 Å². The maximum atomic E-state index is 4.16. The Morgan fingerprint density at radius 3 is 1.56 bits per heavy atom. The zero-order chi connectivity index (χ0) is 11.7. The molecule has 0 radical (unpaired) electrons. The van der Waals surface area contributed by atoms with Gasteiger partial charge in [-0.1, -0.05) is 0 Å². The van der Waals surface area contributed by atoms with Gasteiger partial charge in [-0.3, -0.25) is 0 Å².